The molecule has 1 aliphatic rings. The number of halogens is 1. The molecule has 49 heavy (non-hydrogen) atoms. The molecule has 0 bridgehead atoms. The van der Waals surface area contributed by atoms with Gasteiger partial charge in [-0.2, -0.15) is 9.61 Å². The fourth-order valence-corrected chi connectivity index (χ4v) is 6.23. The normalized spacial score (nSPS) is 15.9. The monoisotopic (exact) mass is 670 g/mol. The summed E-state index contributed by atoms with van der Waals surface area (Å²) in [6.45, 7) is 20.6. The molecule has 260 valence electrons. The largest absolute Gasteiger partial charge is 0.490 e. The molecular weight excluding hydrogens is 623 g/mol. The molecule has 1 fully saturated rings. The lowest BCUT2D eigenvalue weighted by molar-refractivity contribution is -0.160. The number of ether oxygens (including phenoxy) is 3. The highest BCUT2D eigenvalue weighted by atomic mass is 19.1. The third kappa shape index (κ3) is 8.20. The van der Waals surface area contributed by atoms with Gasteiger partial charge in [-0.3, -0.25) is 0 Å². The van der Waals surface area contributed by atoms with Gasteiger partial charge in [-0.25, -0.2) is 14.2 Å². The quantitative estimate of drug-likeness (QED) is 0.142. The lowest BCUT2D eigenvalue weighted by Crippen LogP contribution is -2.45. The van der Waals surface area contributed by atoms with Gasteiger partial charge in [-0.15, -0.1) is 13.2 Å². The number of piperidine rings is 1. The van der Waals surface area contributed by atoms with Crippen molar-refractivity contribution in [3.05, 3.63) is 90.9 Å². The average Bonchev–Trinajstić information content (AvgIpc) is 3.47. The molecule has 3 heterocycles. The topological polar surface area (TPSA) is 98.4 Å². The van der Waals surface area contributed by atoms with Crippen molar-refractivity contribution < 1.29 is 28.5 Å². The molecule has 0 saturated carbocycles. The zero-order chi connectivity index (χ0) is 35.5. The van der Waals surface area contributed by atoms with Crippen LogP contribution in [0.4, 0.5) is 10.2 Å². The Kier molecular flexibility index (Phi) is 10.6. The standard InChI is InChI=1S/C39H47FN4O5/c1-9-12-25(3)48-32-16-15-29(40)23-30(32)27-13-11-14-28(22-27)31-24-33-41-26(4)34(35(37(45)46)49-38(5,6)7)36(44(33)42-31)43-19-17-39(8,18-20-43)47-21-10-2/h9-11,13-16,22-25,35H,1-2,12,17-21H2,3-8H3,(H,45,46)/t25-,35?/m0/s1. The summed E-state index contributed by atoms with van der Waals surface area (Å²) in [5, 5.41) is 15.5. The first kappa shape index (κ1) is 35.8. The Morgan fingerprint density at radius 3 is 2.47 bits per heavy atom. The van der Waals surface area contributed by atoms with E-state index in [-0.39, 0.29) is 17.5 Å². The summed E-state index contributed by atoms with van der Waals surface area (Å²) in [4.78, 5) is 19.8. The van der Waals surface area contributed by atoms with Crippen LogP contribution in [0.2, 0.25) is 0 Å². The number of fused-ring (bicyclic) bond motifs is 1. The van der Waals surface area contributed by atoms with Crippen LogP contribution in [0.5, 0.6) is 5.75 Å². The van der Waals surface area contributed by atoms with Gasteiger partial charge in [-0.05, 0) is 84.2 Å². The van der Waals surface area contributed by atoms with Crippen LogP contribution in [0.1, 0.15) is 71.2 Å². The first-order chi connectivity index (χ1) is 23.2. The molecule has 0 spiro atoms. The number of anilines is 1. The van der Waals surface area contributed by atoms with Crippen molar-refractivity contribution in [2.24, 2.45) is 0 Å². The Morgan fingerprint density at radius 1 is 1.10 bits per heavy atom. The fraction of sp³-hybridized carbons (Fsp3) is 0.410. The van der Waals surface area contributed by atoms with Crippen molar-refractivity contribution in [3.63, 3.8) is 0 Å². The van der Waals surface area contributed by atoms with Gasteiger partial charge in [0.1, 0.15) is 17.4 Å². The first-order valence-electron chi connectivity index (χ1n) is 16.7. The van der Waals surface area contributed by atoms with E-state index in [4.69, 9.17) is 24.3 Å². The number of benzene rings is 2. The summed E-state index contributed by atoms with van der Waals surface area (Å²) in [6.07, 6.45) is 4.23. The maximum atomic E-state index is 14.5. The van der Waals surface area contributed by atoms with Gasteiger partial charge in [0.15, 0.2) is 11.8 Å². The Hall–Kier alpha value is -4.54. The molecule has 4 aromatic rings. The summed E-state index contributed by atoms with van der Waals surface area (Å²) in [6, 6.07) is 14.1. The molecule has 1 N–H and O–H groups in total. The Balaban J connectivity index is 1.63. The second-order valence-corrected chi connectivity index (χ2v) is 13.9. The van der Waals surface area contributed by atoms with Gasteiger partial charge >= 0.3 is 5.97 Å². The molecule has 1 saturated heterocycles. The Bertz CT molecular complexity index is 1840. The minimum atomic E-state index is -1.27. The second-order valence-electron chi connectivity index (χ2n) is 13.9. The van der Waals surface area contributed by atoms with Crippen LogP contribution in [0.15, 0.2) is 73.8 Å². The number of aromatic nitrogens is 3. The number of hydrogen-bond acceptors (Lipinski definition) is 7. The molecule has 2 aromatic heterocycles. The highest BCUT2D eigenvalue weighted by Crippen LogP contribution is 2.39. The second kappa shape index (κ2) is 14.5. The SMILES string of the molecule is C=CCOC1(C)CCN(c2c(C(OC(C)(C)C)C(=O)O)c(C)nc3cc(-c4cccc(-c5cc(F)ccc5O[C@@H](C)CC=C)c4)nn23)CC1. The Morgan fingerprint density at radius 2 is 1.82 bits per heavy atom. The maximum Gasteiger partial charge on any atom is 0.337 e. The number of carboxylic acid groups (broad SMARTS) is 1. The predicted molar refractivity (Wildman–Crippen MR) is 191 cm³/mol. The molecule has 10 heteroatoms. The van der Waals surface area contributed by atoms with Gasteiger partial charge in [0.05, 0.1) is 35.2 Å². The highest BCUT2D eigenvalue weighted by molar-refractivity contribution is 5.80. The van der Waals surface area contributed by atoms with Crippen molar-refractivity contribution in [2.75, 3.05) is 24.6 Å². The van der Waals surface area contributed by atoms with Crippen molar-refractivity contribution in [1.29, 1.82) is 0 Å². The van der Waals surface area contributed by atoms with Gasteiger partial charge in [-0.1, -0.05) is 30.4 Å². The van der Waals surface area contributed by atoms with Crippen molar-refractivity contribution in [2.45, 2.75) is 84.2 Å². The number of nitrogens with zero attached hydrogens (tertiary/aromatic N) is 4. The third-order valence-electron chi connectivity index (χ3n) is 8.67. The lowest BCUT2D eigenvalue weighted by atomic mass is 9.92. The smallest absolute Gasteiger partial charge is 0.337 e. The zero-order valence-electron chi connectivity index (χ0n) is 29.3. The summed E-state index contributed by atoms with van der Waals surface area (Å²) >= 11 is 0. The summed E-state index contributed by atoms with van der Waals surface area (Å²) in [5.41, 5.74) is 3.31. The molecule has 2 aromatic carbocycles. The van der Waals surface area contributed by atoms with E-state index >= 15 is 0 Å². The van der Waals surface area contributed by atoms with Crippen molar-refractivity contribution in [1.82, 2.24) is 14.6 Å². The summed E-state index contributed by atoms with van der Waals surface area (Å²) in [7, 11) is 0. The fourth-order valence-electron chi connectivity index (χ4n) is 6.23. The summed E-state index contributed by atoms with van der Waals surface area (Å²) in [5.74, 6) is -0.275. The molecule has 1 unspecified atom stereocenters. The van der Waals surface area contributed by atoms with Gasteiger partial charge in [0.25, 0.3) is 0 Å². The molecule has 9 nitrogen and oxygen atoms in total. The van der Waals surface area contributed by atoms with Crippen LogP contribution in [-0.2, 0) is 14.3 Å². The molecule has 0 radical (unpaired) electrons. The van der Waals surface area contributed by atoms with Crippen LogP contribution in [0.3, 0.4) is 0 Å². The van der Waals surface area contributed by atoms with Crippen LogP contribution >= 0.6 is 0 Å². The van der Waals surface area contributed by atoms with Crippen molar-refractivity contribution >= 4 is 17.4 Å². The van der Waals surface area contributed by atoms with Gasteiger partial charge in [0, 0.05) is 42.4 Å². The zero-order valence-corrected chi connectivity index (χ0v) is 29.3. The lowest BCUT2D eigenvalue weighted by Gasteiger charge is -2.41. The molecule has 5 rings (SSSR count). The van der Waals surface area contributed by atoms with Crippen molar-refractivity contribution in [3.8, 4) is 28.1 Å². The predicted octanol–water partition coefficient (Wildman–Crippen LogP) is 8.36. The summed E-state index contributed by atoms with van der Waals surface area (Å²) < 4.78 is 34.7. The van der Waals surface area contributed by atoms with E-state index in [2.05, 4.69) is 25.0 Å². The molecule has 1 aliphatic heterocycles. The number of aryl methyl sites for hydroxylation is 1. The number of rotatable bonds is 13. The minimum absolute atomic E-state index is 0.136. The van der Waals surface area contributed by atoms with E-state index < -0.39 is 17.7 Å². The number of hydrogen-bond donors (Lipinski definition) is 1. The molecule has 0 aliphatic carbocycles. The van der Waals surface area contributed by atoms with E-state index in [1.165, 1.54) is 12.1 Å². The minimum Gasteiger partial charge on any atom is -0.490 e. The van der Waals surface area contributed by atoms with E-state index in [0.29, 0.717) is 65.8 Å². The van der Waals surface area contributed by atoms with E-state index in [1.54, 1.807) is 22.7 Å². The van der Waals surface area contributed by atoms with E-state index in [9.17, 15) is 14.3 Å². The highest BCUT2D eigenvalue weighted by Gasteiger charge is 2.37. The average molecular weight is 671 g/mol. The first-order valence-corrected chi connectivity index (χ1v) is 16.7. The van der Waals surface area contributed by atoms with Gasteiger partial charge < -0.3 is 24.2 Å². The van der Waals surface area contributed by atoms with Crippen LogP contribution in [-0.4, -0.2) is 62.7 Å². The van der Waals surface area contributed by atoms with Crippen LogP contribution in [0, 0.1) is 12.7 Å². The van der Waals surface area contributed by atoms with Crippen LogP contribution in [0.25, 0.3) is 28.0 Å². The number of aliphatic carboxylic acids is 1. The number of carboxylic acids is 1. The third-order valence-corrected chi connectivity index (χ3v) is 8.67. The molecule has 0 amide bonds. The Labute approximate surface area is 288 Å². The molecule has 2 atom stereocenters. The maximum absolute atomic E-state index is 14.5. The van der Waals surface area contributed by atoms with Gasteiger partial charge in [0.2, 0.25) is 0 Å². The number of carbonyl (C=O) groups is 1. The van der Waals surface area contributed by atoms with E-state index in [1.807, 2.05) is 65.0 Å². The molecular formula is C39H47FN4O5. The van der Waals surface area contributed by atoms with E-state index in [0.717, 1.165) is 24.0 Å². The van der Waals surface area contributed by atoms with Crippen LogP contribution < -0.4 is 9.64 Å².